The number of nitrogens with one attached hydrogen (secondary N) is 1. The third-order valence-corrected chi connectivity index (χ3v) is 36.2. The van der Waals surface area contributed by atoms with Gasteiger partial charge in [-0.1, -0.05) is 87.9 Å². The average molecular weight is 1820 g/mol. The Kier molecular flexibility index (Phi) is 31.5. The van der Waals surface area contributed by atoms with Crippen LogP contribution in [0.4, 0.5) is 23.2 Å². The molecule has 19 heteroatoms. The Morgan fingerprint density at radius 1 is 0.374 bits per heavy atom. The number of carbonyl (C=O) groups is 1. The molecule has 5 saturated heterocycles. The fraction of sp³-hybridized carbons (Fsp3) is 0.670. The summed E-state index contributed by atoms with van der Waals surface area (Å²) in [5.74, 6) is 15.2. The number of hydrogen-bond donors (Lipinski definition) is 1. The summed E-state index contributed by atoms with van der Waals surface area (Å²) in [4.78, 5) is 25.1. The highest BCUT2D eigenvalue weighted by Gasteiger charge is 2.48. The standard InChI is InChI=1S/C28H35NO3.C23H33ClFNO.C23H34N2O2.C19H25F2NO.C19H26FNO/c1-30-26-8-5-22(23-6-9-27-28(17-23)32-18-31-27)16-25(26)21-10-12-29(13-11-21)24-7-4-19-2-3-20(14-19)15-24;1-27-21-11-10-19(24)16-20(21)23(25)12-14-26(15-13-23)22-17-6-2-3-7-18(22)9-5-4-8-17;1-16(26)24-20-6-8-23(27-2)22(15-20)19-9-11-25(12-10-19)21-7-5-17-3-4-18(13-17)14-21;1-23-19-11-17(21)16(20)10-15(19)13-4-6-22(7-5-13)18-9-12-2-3-14(18)8-12;1-22-19-5-4-16(20)12-17(19)14-6-8-21(9-7-14)18-11-13-2-3-15(18)10-13/h5-6,8-9,16-17,19-21,24H,2-4,7,10-15,18H2,1H3;10-11,16-18,22H,2-9,12-15H2,1H3;6,8,15,17-19,21H,3-5,7,9-14H2,1-2H3,(H,24,26);10-14,18H,2-9H2,1H3;4-5,12-15,18H,2-3,6-11H2,1H3/t;;17-,18+,21?;12-,14-,18+;13-,15-,18-/m..100/s1. The number of nitrogens with zero attached hydrogens (tertiary/aromatic N) is 5. The first-order valence-corrected chi connectivity index (χ1v) is 52.4. The van der Waals surface area contributed by atoms with Crippen molar-refractivity contribution in [1.29, 1.82) is 0 Å². The molecule has 0 aromatic heterocycles. The van der Waals surface area contributed by atoms with Gasteiger partial charge in [-0.25, -0.2) is 17.6 Å². The molecule has 14 nitrogen and oxygen atoms in total. The Balaban J connectivity index is 0.000000111. The van der Waals surface area contributed by atoms with Gasteiger partial charge in [-0.05, 0) is 422 Å². The molecule has 15 fully saturated rings. The molecule has 6 aromatic rings. The van der Waals surface area contributed by atoms with Crippen molar-refractivity contribution in [3.05, 3.63) is 153 Å². The number of rotatable bonds is 17. The van der Waals surface area contributed by atoms with E-state index in [1.807, 2.05) is 18.2 Å². The topological polar surface area (TPSA) is 110 Å². The van der Waals surface area contributed by atoms with Crippen LogP contribution in [0.1, 0.15) is 302 Å². The Morgan fingerprint density at radius 2 is 0.794 bits per heavy atom. The minimum Gasteiger partial charge on any atom is -0.496 e. The lowest BCUT2D eigenvalue weighted by Crippen LogP contribution is -2.50. The van der Waals surface area contributed by atoms with Crippen molar-refractivity contribution < 1.29 is 55.5 Å². The Morgan fingerprint density at radius 3 is 1.29 bits per heavy atom. The van der Waals surface area contributed by atoms with Crippen molar-refractivity contribution in [2.45, 2.75) is 310 Å². The van der Waals surface area contributed by atoms with E-state index in [0.29, 0.717) is 65.5 Å². The summed E-state index contributed by atoms with van der Waals surface area (Å²) in [6, 6.07) is 35.7. The van der Waals surface area contributed by atoms with Crippen molar-refractivity contribution in [2.24, 2.45) is 59.2 Å². The quantitative estimate of drug-likeness (QED) is 0.0876. The lowest BCUT2D eigenvalue weighted by molar-refractivity contribution is -0.114. The number of hydrogen-bond acceptors (Lipinski definition) is 13. The van der Waals surface area contributed by atoms with Crippen molar-refractivity contribution in [2.75, 3.05) is 113 Å². The Hall–Kier alpha value is -6.80. The van der Waals surface area contributed by atoms with Gasteiger partial charge >= 0.3 is 0 Å². The summed E-state index contributed by atoms with van der Waals surface area (Å²) in [5.41, 5.74) is 7.09. The van der Waals surface area contributed by atoms with Gasteiger partial charge in [-0.2, -0.15) is 0 Å². The first-order chi connectivity index (χ1) is 63.9. The summed E-state index contributed by atoms with van der Waals surface area (Å²) in [6.45, 7) is 12.9. The molecular weight excluding hydrogens is 1670 g/mol. The maximum atomic E-state index is 16.0. The molecular formula is C112H153ClF4N6O8. The lowest BCUT2D eigenvalue weighted by atomic mass is 9.80. The van der Waals surface area contributed by atoms with E-state index in [1.54, 1.807) is 65.7 Å². The van der Waals surface area contributed by atoms with E-state index >= 15 is 4.39 Å². The molecule has 131 heavy (non-hydrogen) atoms. The van der Waals surface area contributed by atoms with Crippen molar-refractivity contribution in [1.82, 2.24) is 24.5 Å². The van der Waals surface area contributed by atoms with Crippen LogP contribution in [0.5, 0.6) is 40.2 Å². The number of ether oxygens (including phenoxy) is 7. The number of benzene rings is 6. The minimum atomic E-state index is -1.33. The number of piperidine rings is 5. The van der Waals surface area contributed by atoms with Crippen LogP contribution < -0.4 is 38.5 Å². The minimum absolute atomic E-state index is 0.0244. The Labute approximate surface area is 786 Å². The van der Waals surface area contributed by atoms with Gasteiger partial charge in [0.15, 0.2) is 23.1 Å². The van der Waals surface area contributed by atoms with Gasteiger partial charge in [-0.15, -0.1) is 0 Å². The van der Waals surface area contributed by atoms with Crippen molar-refractivity contribution in [3.63, 3.8) is 0 Å². The number of carbonyl (C=O) groups excluding carboxylic acids is 1. The van der Waals surface area contributed by atoms with Gasteiger partial charge in [-0.3, -0.25) is 9.69 Å². The highest BCUT2D eigenvalue weighted by atomic mass is 35.5. The highest BCUT2D eigenvalue weighted by Crippen LogP contribution is 2.54. The van der Waals surface area contributed by atoms with Gasteiger partial charge < -0.3 is 58.1 Å². The molecule has 1 N–H and O–H groups in total. The molecule has 12 atom stereocenters. The van der Waals surface area contributed by atoms with E-state index in [4.69, 9.17) is 44.8 Å². The van der Waals surface area contributed by atoms with Gasteiger partial charge in [0.25, 0.3) is 0 Å². The number of anilines is 1. The normalized spacial score (nSPS) is 30.5. The van der Waals surface area contributed by atoms with Crippen LogP contribution in [0.2, 0.25) is 5.02 Å². The third-order valence-electron chi connectivity index (χ3n) is 35.9. The number of amides is 1. The average Bonchev–Trinajstić information content (AvgIpc) is 1.77. The molecule has 6 heterocycles. The molecule has 10 saturated carbocycles. The van der Waals surface area contributed by atoms with E-state index in [-0.39, 0.29) is 17.6 Å². The van der Waals surface area contributed by atoms with Gasteiger partial charge in [0.05, 0.1) is 35.5 Å². The summed E-state index contributed by atoms with van der Waals surface area (Å²) in [6.07, 6.45) is 50.3. The molecule has 4 unspecified atom stereocenters. The summed E-state index contributed by atoms with van der Waals surface area (Å²) >= 11 is 6.17. The zero-order valence-corrected chi connectivity index (χ0v) is 80.6. The van der Waals surface area contributed by atoms with Crippen LogP contribution in [-0.2, 0) is 10.5 Å². The van der Waals surface area contributed by atoms with Crippen molar-refractivity contribution in [3.8, 4) is 51.4 Å². The number of halogens is 5. The highest BCUT2D eigenvalue weighted by molar-refractivity contribution is 6.30. The second-order valence-electron chi connectivity index (χ2n) is 43.2. The molecule has 6 aromatic carbocycles. The van der Waals surface area contributed by atoms with Crippen LogP contribution >= 0.6 is 11.6 Å². The van der Waals surface area contributed by atoms with Crippen LogP contribution in [0.25, 0.3) is 11.1 Å². The number of fused-ring (bicyclic) bond motifs is 11. The maximum absolute atomic E-state index is 16.0. The van der Waals surface area contributed by atoms with Crippen LogP contribution in [0, 0.1) is 76.6 Å². The molecule has 22 rings (SSSR count). The summed E-state index contributed by atoms with van der Waals surface area (Å²) in [5, 5.41) is 3.50. The predicted molar refractivity (Wildman–Crippen MR) is 517 cm³/mol. The largest absolute Gasteiger partial charge is 0.496 e. The van der Waals surface area contributed by atoms with Crippen molar-refractivity contribution >= 4 is 23.2 Å². The lowest BCUT2D eigenvalue weighted by Gasteiger charge is -2.45. The fourth-order valence-electron chi connectivity index (χ4n) is 29.1. The zero-order valence-electron chi connectivity index (χ0n) is 79.8. The number of alkyl halides is 1. The molecule has 714 valence electrons. The van der Waals surface area contributed by atoms with Gasteiger partial charge in [0.1, 0.15) is 40.2 Å². The summed E-state index contributed by atoms with van der Waals surface area (Å²) in [7, 11) is 8.37. The van der Waals surface area contributed by atoms with Gasteiger partial charge in [0, 0.05) is 83.7 Å². The van der Waals surface area contributed by atoms with E-state index < -0.39 is 17.3 Å². The molecule has 10 aliphatic carbocycles. The first-order valence-electron chi connectivity index (χ1n) is 52.0. The SMILES string of the molecule is COc1cc(F)c(F)cc1C1CCN([C@@H]2C[C@H]3CC[C@H]2C3)CC1.COc1ccc(-c2ccc3c(c2)OCO3)cc1C1CCN(C2CCC3CCC(C3)C2)CC1.COc1ccc(Cl)cc1C1(F)CCN(C2C3CCCCC2CCCC3)CC1.COc1ccc(F)cc1C1CCN([C@H]2C[C@H]3CC[C@H]2C3)CC1.COc1ccc(NC(C)=O)cc1C1CCN(C2CC[C@H]3CC[C@H](C2)C3)CC1. The molecule has 10 bridgehead atoms. The van der Waals surface area contributed by atoms with Crippen LogP contribution in [0.15, 0.2) is 103 Å². The molecule has 0 radical (unpaired) electrons. The van der Waals surface area contributed by atoms with E-state index in [0.717, 1.165) is 194 Å². The molecule has 1 amide bonds. The molecule has 16 aliphatic rings. The van der Waals surface area contributed by atoms with E-state index in [2.05, 4.69) is 66.2 Å². The fourth-order valence-corrected chi connectivity index (χ4v) is 29.3. The second kappa shape index (κ2) is 43.7. The first kappa shape index (κ1) is 94.6. The predicted octanol–water partition coefficient (Wildman–Crippen LogP) is 25.9. The maximum Gasteiger partial charge on any atom is 0.231 e. The van der Waals surface area contributed by atoms with E-state index in [9.17, 15) is 18.0 Å². The van der Waals surface area contributed by atoms with Crippen LogP contribution in [0.3, 0.4) is 0 Å². The third kappa shape index (κ3) is 22.4. The molecule has 0 spiro atoms. The molecule has 6 aliphatic heterocycles. The Bertz CT molecular complexity index is 4720. The van der Waals surface area contributed by atoms with E-state index in [1.165, 1.54) is 279 Å². The smallest absolute Gasteiger partial charge is 0.231 e. The monoisotopic (exact) mass is 1820 g/mol. The zero-order chi connectivity index (χ0) is 90.2. The summed E-state index contributed by atoms with van der Waals surface area (Å²) < 4.78 is 95.3. The van der Waals surface area contributed by atoms with Gasteiger partial charge in [0.2, 0.25) is 12.7 Å². The number of likely N-dealkylation sites (tertiary alicyclic amines) is 5. The van der Waals surface area contributed by atoms with Crippen LogP contribution in [-0.4, -0.2) is 168 Å². The number of methoxy groups -OCH3 is 5. The second-order valence-corrected chi connectivity index (χ2v) is 43.7.